The van der Waals surface area contributed by atoms with E-state index in [1.807, 2.05) is 0 Å². The molecule has 0 spiro atoms. The summed E-state index contributed by atoms with van der Waals surface area (Å²) < 4.78 is 0.481. The summed E-state index contributed by atoms with van der Waals surface area (Å²) in [6, 6.07) is 6.06. The van der Waals surface area contributed by atoms with Crippen molar-refractivity contribution in [3.63, 3.8) is 0 Å². The van der Waals surface area contributed by atoms with E-state index < -0.39 is 4.92 Å². The Morgan fingerprint density at radius 3 is 2.75 bits per heavy atom. The van der Waals surface area contributed by atoms with E-state index in [9.17, 15) is 15.3 Å². The monoisotopic (exact) mass is 313 g/mol. The van der Waals surface area contributed by atoms with Gasteiger partial charge in [-0.3, -0.25) is 10.1 Å². The largest absolute Gasteiger partial charge is 0.619 e. The Labute approximate surface area is 124 Å². The highest BCUT2D eigenvalue weighted by atomic mass is 35.5. The molecule has 8 heteroatoms. The molecule has 0 fully saturated rings. The molecule has 0 bridgehead atoms. The van der Waals surface area contributed by atoms with Gasteiger partial charge in [-0.1, -0.05) is 23.2 Å². The number of anilines is 1. The van der Waals surface area contributed by atoms with Gasteiger partial charge in [0.2, 0.25) is 6.20 Å². The normalized spacial score (nSPS) is 10.3. The van der Waals surface area contributed by atoms with E-state index >= 15 is 0 Å². The summed E-state index contributed by atoms with van der Waals surface area (Å²) >= 11 is 11.9. The molecule has 0 aliphatic rings. The maximum Gasteiger partial charge on any atom is 0.304 e. The lowest BCUT2D eigenvalue weighted by Gasteiger charge is -2.08. The van der Waals surface area contributed by atoms with Crippen LogP contribution in [0.5, 0.6) is 0 Å². The molecule has 0 radical (unpaired) electrons. The molecule has 0 unspecified atom stereocenters. The van der Waals surface area contributed by atoms with Crippen LogP contribution in [0.15, 0.2) is 36.7 Å². The highest BCUT2D eigenvalue weighted by molar-refractivity contribution is 6.33. The second kappa shape index (κ2) is 5.94. The van der Waals surface area contributed by atoms with Crippen molar-refractivity contribution in [2.24, 2.45) is 0 Å². The fourth-order valence-corrected chi connectivity index (χ4v) is 2.01. The van der Waals surface area contributed by atoms with Crippen molar-refractivity contribution in [3.05, 3.63) is 67.6 Å². The van der Waals surface area contributed by atoms with E-state index in [1.54, 1.807) is 18.2 Å². The quantitative estimate of drug-likeness (QED) is 0.407. The Kier molecular flexibility index (Phi) is 4.26. The zero-order chi connectivity index (χ0) is 14.7. The minimum absolute atomic E-state index is 0.114. The van der Waals surface area contributed by atoms with Gasteiger partial charge in [-0.15, -0.1) is 0 Å². The van der Waals surface area contributed by atoms with Gasteiger partial charge in [0, 0.05) is 16.6 Å². The van der Waals surface area contributed by atoms with E-state index in [0.717, 1.165) is 18.5 Å². The van der Waals surface area contributed by atoms with Gasteiger partial charge in [0.25, 0.3) is 0 Å². The van der Waals surface area contributed by atoms with E-state index in [4.69, 9.17) is 23.2 Å². The van der Waals surface area contributed by atoms with Gasteiger partial charge in [0.1, 0.15) is 0 Å². The first kappa shape index (κ1) is 14.4. The molecular weight excluding hydrogens is 305 g/mol. The smallest absolute Gasteiger partial charge is 0.304 e. The Balaban J connectivity index is 2.24. The average molecular weight is 314 g/mol. The van der Waals surface area contributed by atoms with Crippen molar-refractivity contribution in [2.75, 3.05) is 5.32 Å². The molecule has 0 aliphatic carbocycles. The SMILES string of the molecule is O=[N+]([O-])c1cc[n+]([O-])cc1NCc1cc(Cl)ccc1Cl. The van der Waals surface area contributed by atoms with Crippen LogP contribution in [0.4, 0.5) is 11.4 Å². The van der Waals surface area contributed by atoms with Crippen LogP contribution in [0.2, 0.25) is 10.0 Å². The number of halogens is 2. The first-order valence-corrected chi connectivity index (χ1v) is 6.28. The summed E-state index contributed by atoms with van der Waals surface area (Å²) in [5, 5.41) is 25.9. The number of nitro groups is 1. The number of nitrogens with zero attached hydrogens (tertiary/aromatic N) is 2. The zero-order valence-electron chi connectivity index (χ0n) is 10.0. The van der Waals surface area contributed by atoms with Crippen LogP contribution in [0.25, 0.3) is 0 Å². The third kappa shape index (κ3) is 3.28. The van der Waals surface area contributed by atoms with Gasteiger partial charge in [-0.2, -0.15) is 4.73 Å². The molecule has 0 atom stereocenters. The van der Waals surface area contributed by atoms with Crippen molar-refractivity contribution in [1.29, 1.82) is 0 Å². The number of nitrogens with one attached hydrogen (secondary N) is 1. The third-order valence-electron chi connectivity index (χ3n) is 2.59. The lowest BCUT2D eigenvalue weighted by molar-refractivity contribution is -0.605. The lowest BCUT2D eigenvalue weighted by Crippen LogP contribution is -2.25. The van der Waals surface area contributed by atoms with Gasteiger partial charge in [-0.25, -0.2) is 0 Å². The molecule has 0 saturated carbocycles. The summed E-state index contributed by atoms with van der Waals surface area (Å²) in [5.41, 5.74) is 0.605. The molecule has 1 N–H and O–H groups in total. The molecule has 2 aromatic rings. The van der Waals surface area contributed by atoms with E-state index in [1.165, 1.54) is 0 Å². The molecule has 20 heavy (non-hydrogen) atoms. The van der Waals surface area contributed by atoms with Crippen molar-refractivity contribution in [2.45, 2.75) is 6.54 Å². The highest BCUT2D eigenvalue weighted by Crippen LogP contribution is 2.25. The molecule has 1 aromatic heterocycles. The maximum atomic E-state index is 11.2. The average Bonchev–Trinajstić information content (AvgIpc) is 2.39. The van der Waals surface area contributed by atoms with Crippen LogP contribution in [-0.4, -0.2) is 4.92 Å². The molecule has 0 amide bonds. The van der Waals surface area contributed by atoms with Crippen molar-refractivity contribution in [1.82, 2.24) is 0 Å². The molecule has 104 valence electrons. The van der Waals surface area contributed by atoms with Gasteiger partial charge in [-0.05, 0) is 23.8 Å². The molecule has 1 heterocycles. The van der Waals surface area contributed by atoms with E-state index in [0.29, 0.717) is 20.3 Å². The van der Waals surface area contributed by atoms with E-state index in [-0.39, 0.29) is 17.9 Å². The molecular formula is C12H9Cl2N3O3. The van der Waals surface area contributed by atoms with Crippen LogP contribution in [-0.2, 0) is 6.54 Å². The summed E-state index contributed by atoms with van der Waals surface area (Å²) in [5.74, 6) is 0. The second-order valence-corrected chi connectivity index (χ2v) is 4.79. The number of hydrogen-bond donors (Lipinski definition) is 1. The highest BCUT2D eigenvalue weighted by Gasteiger charge is 2.17. The molecule has 6 nitrogen and oxygen atoms in total. The molecule has 0 aliphatic heterocycles. The van der Waals surface area contributed by atoms with Crippen LogP contribution in [0.1, 0.15) is 5.56 Å². The van der Waals surface area contributed by atoms with E-state index in [2.05, 4.69) is 5.32 Å². The van der Waals surface area contributed by atoms with Gasteiger partial charge in [0.05, 0.1) is 11.0 Å². The number of rotatable bonds is 4. The summed E-state index contributed by atoms with van der Waals surface area (Å²) in [6.07, 6.45) is 2.16. The Bertz CT molecular complexity index is 664. The second-order valence-electron chi connectivity index (χ2n) is 3.95. The number of aromatic nitrogens is 1. The predicted molar refractivity (Wildman–Crippen MR) is 75.8 cm³/mol. The number of pyridine rings is 1. The first-order valence-electron chi connectivity index (χ1n) is 5.52. The fraction of sp³-hybridized carbons (Fsp3) is 0.0833. The number of benzene rings is 1. The van der Waals surface area contributed by atoms with Gasteiger partial charge < -0.3 is 10.5 Å². The molecule has 2 rings (SSSR count). The van der Waals surface area contributed by atoms with Crippen molar-refractivity contribution < 1.29 is 9.65 Å². The van der Waals surface area contributed by atoms with Crippen molar-refractivity contribution in [3.8, 4) is 0 Å². The fourth-order valence-electron chi connectivity index (χ4n) is 1.63. The summed E-state index contributed by atoms with van der Waals surface area (Å²) in [4.78, 5) is 10.3. The van der Waals surface area contributed by atoms with Crippen LogP contribution < -0.4 is 10.0 Å². The van der Waals surface area contributed by atoms with Crippen molar-refractivity contribution >= 4 is 34.6 Å². The standard InChI is InChI=1S/C12H9Cl2N3O3/c13-9-1-2-10(14)8(5-9)6-15-11-7-16(18)4-3-12(11)17(19)20/h1-5,7,15H,6H2. The van der Waals surface area contributed by atoms with Crippen LogP contribution in [0.3, 0.4) is 0 Å². The first-order chi connectivity index (χ1) is 9.47. The topological polar surface area (TPSA) is 82.1 Å². The van der Waals surface area contributed by atoms with Crippen LogP contribution in [0, 0.1) is 15.3 Å². The summed E-state index contributed by atoms with van der Waals surface area (Å²) in [7, 11) is 0. The van der Waals surface area contributed by atoms with Gasteiger partial charge >= 0.3 is 5.69 Å². The molecule has 1 aromatic carbocycles. The molecule has 0 saturated heterocycles. The third-order valence-corrected chi connectivity index (χ3v) is 3.19. The lowest BCUT2D eigenvalue weighted by atomic mass is 10.2. The number of hydrogen-bond acceptors (Lipinski definition) is 4. The summed E-state index contributed by atoms with van der Waals surface area (Å²) in [6.45, 7) is 0.213. The Morgan fingerprint density at radius 1 is 1.30 bits per heavy atom. The maximum absolute atomic E-state index is 11.2. The predicted octanol–water partition coefficient (Wildman–Crippen LogP) is 3.15. The minimum Gasteiger partial charge on any atom is -0.619 e. The Morgan fingerprint density at radius 2 is 2.05 bits per heavy atom. The van der Waals surface area contributed by atoms with Crippen LogP contribution >= 0.6 is 23.2 Å². The zero-order valence-corrected chi connectivity index (χ0v) is 11.6. The Hall–Kier alpha value is -2.05. The minimum atomic E-state index is -0.568. The van der Waals surface area contributed by atoms with Gasteiger partial charge in [0.15, 0.2) is 11.9 Å².